The van der Waals surface area contributed by atoms with E-state index in [4.69, 9.17) is 9.47 Å². The molecule has 1 saturated heterocycles. The van der Waals surface area contributed by atoms with Crippen molar-refractivity contribution in [1.82, 2.24) is 4.90 Å². The Hall–Kier alpha value is -2.64. The molecule has 1 aliphatic rings. The van der Waals surface area contributed by atoms with Gasteiger partial charge in [0, 0.05) is 25.1 Å². The number of Topliss-reactive ketones (excluding diaryl/α,β-unsaturated/α-hetero) is 1. The molecule has 0 saturated carbocycles. The molecule has 1 N–H and O–H groups in total. The van der Waals surface area contributed by atoms with Gasteiger partial charge in [-0.1, -0.05) is 12.1 Å². The molecule has 0 bridgehead atoms. The van der Waals surface area contributed by atoms with E-state index in [1.54, 1.807) is 13.2 Å². The molecule has 154 valence electrons. The fourth-order valence-corrected chi connectivity index (χ4v) is 4.62. The van der Waals surface area contributed by atoms with E-state index in [2.05, 4.69) is 0 Å². The van der Waals surface area contributed by atoms with Crippen LogP contribution in [-0.4, -0.2) is 49.1 Å². The number of hydrogen-bond donors (Lipinski definition) is 1. The Morgan fingerprint density at radius 3 is 2.62 bits per heavy atom. The average Bonchev–Trinajstić information content (AvgIpc) is 3.29. The van der Waals surface area contributed by atoms with Crippen molar-refractivity contribution in [2.75, 3.05) is 27.4 Å². The van der Waals surface area contributed by atoms with E-state index in [0.717, 1.165) is 16.0 Å². The van der Waals surface area contributed by atoms with Gasteiger partial charge in [-0.15, -0.1) is 11.3 Å². The molecular weight excluding hydrogens is 390 g/mol. The number of aryl methyl sites for hydroxylation is 2. The maximum Gasteiger partial charge on any atom is 0.295 e. The van der Waals surface area contributed by atoms with Crippen molar-refractivity contribution in [3.63, 3.8) is 0 Å². The highest BCUT2D eigenvalue weighted by atomic mass is 32.1. The standard InChI is InChI=1S/C22H25NO5S/c1-13-11-14(2)21(28-4)15(12-13)19(24)17-18(16-7-5-10-29-16)23(8-6-9-27-3)22(26)20(17)25/h5,7,10-12,18,24H,6,8-9H2,1-4H3/b19-17-. The maximum absolute atomic E-state index is 13.0. The molecule has 1 atom stereocenters. The number of ether oxygens (including phenoxy) is 2. The second-order valence-corrected chi connectivity index (χ2v) is 8.00. The largest absolute Gasteiger partial charge is 0.507 e. The molecule has 7 heteroatoms. The summed E-state index contributed by atoms with van der Waals surface area (Å²) in [7, 11) is 3.12. The topological polar surface area (TPSA) is 76.1 Å². The van der Waals surface area contributed by atoms with Gasteiger partial charge in [0.2, 0.25) is 0 Å². The zero-order chi connectivity index (χ0) is 21.1. The number of likely N-dealkylation sites (tertiary alicyclic amines) is 1. The van der Waals surface area contributed by atoms with Crippen molar-refractivity contribution < 1.29 is 24.2 Å². The van der Waals surface area contributed by atoms with E-state index < -0.39 is 17.7 Å². The summed E-state index contributed by atoms with van der Waals surface area (Å²) >= 11 is 1.45. The predicted molar refractivity (Wildman–Crippen MR) is 112 cm³/mol. The minimum Gasteiger partial charge on any atom is -0.507 e. The first kappa shape index (κ1) is 21.1. The van der Waals surface area contributed by atoms with E-state index in [1.165, 1.54) is 23.3 Å². The number of aliphatic hydroxyl groups excluding tert-OH is 1. The number of carbonyl (C=O) groups excluding carboxylic acids is 2. The number of hydrogen-bond acceptors (Lipinski definition) is 6. The van der Waals surface area contributed by atoms with Crippen LogP contribution in [-0.2, 0) is 14.3 Å². The number of carbonyl (C=O) groups is 2. The van der Waals surface area contributed by atoms with Gasteiger partial charge in [0.05, 0.1) is 24.3 Å². The molecule has 1 amide bonds. The minimum atomic E-state index is -0.681. The minimum absolute atomic E-state index is 0.0955. The van der Waals surface area contributed by atoms with E-state index in [-0.39, 0.29) is 11.3 Å². The van der Waals surface area contributed by atoms with Crippen LogP contribution in [0.5, 0.6) is 5.75 Å². The highest BCUT2D eigenvalue weighted by Crippen LogP contribution is 2.43. The SMILES string of the molecule is COCCCN1C(=O)C(=O)/C(=C(\O)c2cc(C)cc(C)c2OC)C1c1cccs1. The van der Waals surface area contributed by atoms with Gasteiger partial charge < -0.3 is 19.5 Å². The summed E-state index contributed by atoms with van der Waals surface area (Å²) in [6.45, 7) is 4.62. The Bertz CT molecular complexity index is 948. The number of benzene rings is 1. The molecule has 29 heavy (non-hydrogen) atoms. The zero-order valence-corrected chi connectivity index (χ0v) is 17.8. The highest BCUT2D eigenvalue weighted by Gasteiger charge is 2.46. The van der Waals surface area contributed by atoms with Crippen molar-refractivity contribution in [2.45, 2.75) is 26.3 Å². The normalized spacial score (nSPS) is 18.5. The van der Waals surface area contributed by atoms with Crippen molar-refractivity contribution in [2.24, 2.45) is 0 Å². The molecule has 0 aliphatic carbocycles. The molecular formula is C22H25NO5S. The van der Waals surface area contributed by atoms with Gasteiger partial charge in [-0.3, -0.25) is 9.59 Å². The number of amides is 1. The molecule has 1 unspecified atom stereocenters. The van der Waals surface area contributed by atoms with Gasteiger partial charge in [0.25, 0.3) is 11.7 Å². The third-order valence-electron chi connectivity index (χ3n) is 4.98. The summed E-state index contributed by atoms with van der Waals surface area (Å²) in [6.07, 6.45) is 0.596. The second-order valence-electron chi connectivity index (χ2n) is 7.02. The second kappa shape index (κ2) is 8.80. The van der Waals surface area contributed by atoms with Crippen molar-refractivity contribution in [1.29, 1.82) is 0 Å². The number of nitrogens with zero attached hydrogens (tertiary/aromatic N) is 1. The summed E-state index contributed by atoms with van der Waals surface area (Å²) in [5, 5.41) is 13.1. The molecule has 1 fully saturated rings. The third kappa shape index (κ3) is 3.93. The van der Waals surface area contributed by atoms with Crippen LogP contribution >= 0.6 is 11.3 Å². The molecule has 2 aromatic rings. The van der Waals surface area contributed by atoms with Gasteiger partial charge in [-0.25, -0.2) is 0 Å². The lowest BCUT2D eigenvalue weighted by Gasteiger charge is -2.24. The lowest BCUT2D eigenvalue weighted by Crippen LogP contribution is -2.31. The van der Waals surface area contributed by atoms with Crippen LogP contribution in [0.15, 0.2) is 35.2 Å². The maximum atomic E-state index is 13.0. The van der Waals surface area contributed by atoms with Crippen LogP contribution < -0.4 is 4.74 Å². The molecule has 0 radical (unpaired) electrons. The molecule has 1 aliphatic heterocycles. The monoisotopic (exact) mass is 415 g/mol. The van der Waals surface area contributed by atoms with Gasteiger partial charge in [0.1, 0.15) is 11.5 Å². The van der Waals surface area contributed by atoms with Crippen molar-refractivity contribution >= 4 is 28.8 Å². The first-order valence-electron chi connectivity index (χ1n) is 9.37. The molecule has 0 spiro atoms. The van der Waals surface area contributed by atoms with Crippen LogP contribution in [0.2, 0.25) is 0 Å². The van der Waals surface area contributed by atoms with Crippen LogP contribution in [0.4, 0.5) is 0 Å². The van der Waals surface area contributed by atoms with E-state index >= 15 is 0 Å². The highest BCUT2D eigenvalue weighted by molar-refractivity contribution is 7.10. The molecule has 1 aromatic heterocycles. The number of ketones is 1. The smallest absolute Gasteiger partial charge is 0.295 e. The Balaban J connectivity index is 2.17. The number of aliphatic hydroxyl groups is 1. The van der Waals surface area contributed by atoms with Gasteiger partial charge in [-0.2, -0.15) is 0 Å². The Morgan fingerprint density at radius 2 is 2.00 bits per heavy atom. The summed E-state index contributed by atoms with van der Waals surface area (Å²) < 4.78 is 10.6. The first-order chi connectivity index (χ1) is 13.9. The summed E-state index contributed by atoms with van der Waals surface area (Å²) in [5.74, 6) is -1.01. The quantitative estimate of drug-likeness (QED) is 0.322. The van der Waals surface area contributed by atoms with Gasteiger partial charge in [0.15, 0.2) is 0 Å². The Kier molecular flexibility index (Phi) is 6.39. The predicted octanol–water partition coefficient (Wildman–Crippen LogP) is 3.83. The summed E-state index contributed by atoms with van der Waals surface area (Å²) in [4.78, 5) is 28.1. The summed E-state index contributed by atoms with van der Waals surface area (Å²) in [5.41, 5.74) is 2.28. The first-order valence-corrected chi connectivity index (χ1v) is 10.2. The van der Waals surface area contributed by atoms with Crippen molar-refractivity contribution in [3.05, 3.63) is 56.8 Å². The van der Waals surface area contributed by atoms with Crippen LogP contribution in [0.25, 0.3) is 5.76 Å². The van der Waals surface area contributed by atoms with E-state index in [1.807, 2.05) is 37.4 Å². The van der Waals surface area contributed by atoms with Crippen LogP contribution in [0.1, 0.15) is 34.0 Å². The Morgan fingerprint density at radius 1 is 1.24 bits per heavy atom. The van der Waals surface area contributed by atoms with Gasteiger partial charge >= 0.3 is 0 Å². The zero-order valence-electron chi connectivity index (χ0n) is 17.0. The van der Waals surface area contributed by atoms with Crippen LogP contribution in [0, 0.1) is 13.8 Å². The molecule has 1 aromatic carbocycles. The van der Waals surface area contributed by atoms with Crippen molar-refractivity contribution in [3.8, 4) is 5.75 Å². The Labute approximate surface area is 174 Å². The summed E-state index contributed by atoms with van der Waals surface area (Å²) in [6, 6.07) is 6.82. The molecule has 6 nitrogen and oxygen atoms in total. The van der Waals surface area contributed by atoms with Gasteiger partial charge in [-0.05, 0) is 48.9 Å². The lowest BCUT2D eigenvalue weighted by atomic mass is 9.96. The van der Waals surface area contributed by atoms with E-state index in [9.17, 15) is 14.7 Å². The fourth-order valence-electron chi connectivity index (χ4n) is 3.78. The number of methoxy groups -OCH3 is 2. The molecule has 3 rings (SSSR count). The molecule has 2 heterocycles. The lowest BCUT2D eigenvalue weighted by molar-refractivity contribution is -0.140. The fraction of sp³-hybridized carbons (Fsp3) is 0.364. The number of rotatable bonds is 7. The third-order valence-corrected chi connectivity index (χ3v) is 5.90. The van der Waals surface area contributed by atoms with E-state index in [0.29, 0.717) is 30.9 Å². The van der Waals surface area contributed by atoms with Crippen LogP contribution in [0.3, 0.4) is 0 Å². The number of thiophene rings is 1. The average molecular weight is 416 g/mol.